The summed E-state index contributed by atoms with van der Waals surface area (Å²) in [7, 11) is 0. The predicted octanol–water partition coefficient (Wildman–Crippen LogP) is 2.37. The number of rotatable bonds is 3. The van der Waals surface area contributed by atoms with Crippen molar-refractivity contribution >= 4 is 24.8 Å². The van der Waals surface area contributed by atoms with Crippen LogP contribution in [0.5, 0.6) is 5.75 Å². The lowest BCUT2D eigenvalue weighted by Crippen LogP contribution is -2.44. The zero-order chi connectivity index (χ0) is 11.4. The highest BCUT2D eigenvalue weighted by Crippen LogP contribution is 2.24. The Hall–Kier alpha value is -0.740. The fourth-order valence-electron chi connectivity index (χ4n) is 2.17. The van der Waals surface area contributed by atoms with Crippen LogP contribution in [0.4, 0.5) is 0 Å². The molecule has 0 aliphatic carbocycles. The summed E-state index contributed by atoms with van der Waals surface area (Å²) in [6.07, 6.45) is 1.94. The SMILES string of the molecule is C=C[C@H](c1cccc(O)c1)N1CCNCC1.Cl.Cl. The summed E-state index contributed by atoms with van der Waals surface area (Å²) in [4.78, 5) is 2.37. The largest absolute Gasteiger partial charge is 0.508 e. The van der Waals surface area contributed by atoms with E-state index < -0.39 is 0 Å². The first-order chi connectivity index (χ1) is 7.81. The number of piperazine rings is 1. The van der Waals surface area contributed by atoms with Crippen molar-refractivity contribution in [1.82, 2.24) is 10.2 Å². The summed E-state index contributed by atoms with van der Waals surface area (Å²) in [5.41, 5.74) is 1.11. The van der Waals surface area contributed by atoms with Gasteiger partial charge in [0.1, 0.15) is 5.75 Å². The van der Waals surface area contributed by atoms with E-state index in [1.807, 2.05) is 24.3 Å². The van der Waals surface area contributed by atoms with Crippen molar-refractivity contribution in [3.05, 3.63) is 42.5 Å². The van der Waals surface area contributed by atoms with Crippen LogP contribution in [0.2, 0.25) is 0 Å². The molecular formula is C13H20Cl2N2O. The molecule has 1 aromatic rings. The smallest absolute Gasteiger partial charge is 0.115 e. The van der Waals surface area contributed by atoms with Crippen molar-refractivity contribution in [2.45, 2.75) is 6.04 Å². The number of hydrogen-bond acceptors (Lipinski definition) is 3. The van der Waals surface area contributed by atoms with E-state index in [1.54, 1.807) is 6.07 Å². The highest BCUT2D eigenvalue weighted by molar-refractivity contribution is 5.85. The zero-order valence-electron chi connectivity index (χ0n) is 10.2. The van der Waals surface area contributed by atoms with Crippen LogP contribution in [-0.2, 0) is 0 Å². The third kappa shape index (κ3) is 4.18. The first kappa shape index (κ1) is 17.3. The molecule has 0 aromatic heterocycles. The molecule has 5 heteroatoms. The minimum Gasteiger partial charge on any atom is -0.508 e. The van der Waals surface area contributed by atoms with Gasteiger partial charge in [-0.05, 0) is 17.7 Å². The molecule has 102 valence electrons. The Kier molecular flexibility index (Phi) is 8.03. The van der Waals surface area contributed by atoms with Gasteiger partial charge in [0.05, 0.1) is 6.04 Å². The van der Waals surface area contributed by atoms with Crippen molar-refractivity contribution in [3.63, 3.8) is 0 Å². The number of aromatic hydroxyl groups is 1. The minimum absolute atomic E-state index is 0. The Bertz CT molecular complexity index is 368. The Morgan fingerprint density at radius 2 is 1.94 bits per heavy atom. The lowest BCUT2D eigenvalue weighted by atomic mass is 10.0. The van der Waals surface area contributed by atoms with Crippen LogP contribution in [0.1, 0.15) is 11.6 Å². The van der Waals surface area contributed by atoms with Crippen LogP contribution in [0.25, 0.3) is 0 Å². The van der Waals surface area contributed by atoms with Crippen LogP contribution < -0.4 is 5.32 Å². The molecule has 1 aliphatic rings. The molecule has 0 amide bonds. The topological polar surface area (TPSA) is 35.5 Å². The van der Waals surface area contributed by atoms with Gasteiger partial charge in [-0.3, -0.25) is 4.90 Å². The van der Waals surface area contributed by atoms with Gasteiger partial charge in [0, 0.05) is 26.2 Å². The van der Waals surface area contributed by atoms with E-state index in [-0.39, 0.29) is 30.9 Å². The second-order valence-corrected chi connectivity index (χ2v) is 4.06. The van der Waals surface area contributed by atoms with Gasteiger partial charge in [-0.1, -0.05) is 18.2 Å². The van der Waals surface area contributed by atoms with Crippen molar-refractivity contribution in [1.29, 1.82) is 0 Å². The fourth-order valence-corrected chi connectivity index (χ4v) is 2.17. The second kappa shape index (κ2) is 8.38. The molecule has 0 saturated carbocycles. The van der Waals surface area contributed by atoms with Crippen LogP contribution >= 0.6 is 24.8 Å². The third-order valence-corrected chi connectivity index (χ3v) is 2.98. The maximum absolute atomic E-state index is 9.49. The van der Waals surface area contributed by atoms with E-state index in [0.29, 0.717) is 5.75 Å². The van der Waals surface area contributed by atoms with Crippen molar-refractivity contribution in [3.8, 4) is 5.75 Å². The van der Waals surface area contributed by atoms with Gasteiger partial charge in [0.25, 0.3) is 0 Å². The number of nitrogens with one attached hydrogen (secondary N) is 1. The Morgan fingerprint density at radius 1 is 1.28 bits per heavy atom. The molecule has 0 unspecified atom stereocenters. The molecule has 1 saturated heterocycles. The lowest BCUT2D eigenvalue weighted by Gasteiger charge is -2.33. The van der Waals surface area contributed by atoms with E-state index >= 15 is 0 Å². The summed E-state index contributed by atoms with van der Waals surface area (Å²) in [6, 6.07) is 7.63. The van der Waals surface area contributed by atoms with Crippen molar-refractivity contribution < 1.29 is 5.11 Å². The molecule has 1 fully saturated rings. The Morgan fingerprint density at radius 3 is 2.50 bits per heavy atom. The zero-order valence-corrected chi connectivity index (χ0v) is 11.8. The standard InChI is InChI=1S/C13H18N2O.2ClH/c1-2-13(15-8-6-14-7-9-15)11-4-3-5-12(16)10-11;;/h2-5,10,13-14,16H,1,6-9H2;2*1H/t13-;;/m1../s1. The number of hydrogen-bond donors (Lipinski definition) is 2. The van der Waals surface area contributed by atoms with Gasteiger partial charge < -0.3 is 10.4 Å². The Balaban J connectivity index is 0.00000144. The molecule has 1 aromatic carbocycles. The molecule has 18 heavy (non-hydrogen) atoms. The van der Waals surface area contributed by atoms with Gasteiger partial charge in [-0.15, -0.1) is 31.4 Å². The summed E-state index contributed by atoms with van der Waals surface area (Å²) in [6.45, 7) is 7.97. The van der Waals surface area contributed by atoms with Gasteiger partial charge in [-0.25, -0.2) is 0 Å². The van der Waals surface area contributed by atoms with Crippen LogP contribution in [0, 0.1) is 0 Å². The van der Waals surface area contributed by atoms with Crippen LogP contribution in [0.15, 0.2) is 36.9 Å². The molecule has 3 nitrogen and oxygen atoms in total. The number of phenolic OH excluding ortho intramolecular Hbond substituents is 1. The average Bonchev–Trinajstić information content (AvgIpc) is 2.31. The Labute approximate surface area is 121 Å². The maximum Gasteiger partial charge on any atom is 0.115 e. The van der Waals surface area contributed by atoms with E-state index in [9.17, 15) is 5.11 Å². The van der Waals surface area contributed by atoms with Crippen LogP contribution in [-0.4, -0.2) is 36.2 Å². The fraction of sp³-hybridized carbons (Fsp3) is 0.385. The number of halogens is 2. The first-order valence-corrected chi connectivity index (χ1v) is 5.67. The summed E-state index contributed by atoms with van der Waals surface area (Å²) >= 11 is 0. The number of phenols is 1. The quantitative estimate of drug-likeness (QED) is 0.839. The third-order valence-electron chi connectivity index (χ3n) is 2.98. The van der Waals surface area contributed by atoms with E-state index in [2.05, 4.69) is 16.8 Å². The first-order valence-electron chi connectivity index (χ1n) is 5.67. The predicted molar refractivity (Wildman–Crippen MR) is 80.0 cm³/mol. The van der Waals surface area contributed by atoms with Gasteiger partial charge in [0.15, 0.2) is 0 Å². The van der Waals surface area contributed by atoms with E-state index in [0.717, 1.165) is 31.7 Å². The van der Waals surface area contributed by atoms with Gasteiger partial charge >= 0.3 is 0 Å². The molecule has 0 spiro atoms. The maximum atomic E-state index is 9.49. The molecular weight excluding hydrogens is 271 g/mol. The summed E-state index contributed by atoms with van der Waals surface area (Å²) < 4.78 is 0. The van der Waals surface area contributed by atoms with E-state index in [4.69, 9.17) is 0 Å². The molecule has 2 N–H and O–H groups in total. The number of benzene rings is 1. The molecule has 2 rings (SSSR count). The normalized spacial score (nSPS) is 17.1. The lowest BCUT2D eigenvalue weighted by molar-refractivity contribution is 0.203. The molecule has 0 bridgehead atoms. The molecule has 1 aliphatic heterocycles. The molecule has 0 radical (unpaired) electrons. The van der Waals surface area contributed by atoms with Gasteiger partial charge in [-0.2, -0.15) is 0 Å². The average molecular weight is 291 g/mol. The van der Waals surface area contributed by atoms with Crippen molar-refractivity contribution in [2.24, 2.45) is 0 Å². The monoisotopic (exact) mass is 290 g/mol. The van der Waals surface area contributed by atoms with Crippen LogP contribution in [0.3, 0.4) is 0 Å². The van der Waals surface area contributed by atoms with E-state index in [1.165, 1.54) is 0 Å². The summed E-state index contributed by atoms with van der Waals surface area (Å²) in [5.74, 6) is 0.319. The van der Waals surface area contributed by atoms with Crippen molar-refractivity contribution in [2.75, 3.05) is 26.2 Å². The number of nitrogens with zero attached hydrogens (tertiary/aromatic N) is 1. The van der Waals surface area contributed by atoms with Gasteiger partial charge in [0.2, 0.25) is 0 Å². The summed E-state index contributed by atoms with van der Waals surface area (Å²) in [5, 5.41) is 12.8. The second-order valence-electron chi connectivity index (χ2n) is 4.06. The minimum atomic E-state index is 0. The highest BCUT2D eigenvalue weighted by atomic mass is 35.5. The highest BCUT2D eigenvalue weighted by Gasteiger charge is 2.19. The molecule has 1 atom stereocenters. The molecule has 1 heterocycles.